The molecule has 0 aliphatic heterocycles. The fourth-order valence-electron chi connectivity index (χ4n) is 2.12. The van der Waals surface area contributed by atoms with Crippen LogP contribution in [0.4, 0.5) is 5.69 Å². The number of nitrogens with two attached hydrogens (primary N) is 2. The fraction of sp³-hybridized carbons (Fsp3) is 0.286. The molecule has 3 nitrogen and oxygen atoms in total. The van der Waals surface area contributed by atoms with Gasteiger partial charge in [-0.15, -0.1) is 0 Å². The molecule has 1 aliphatic carbocycles. The zero-order valence-electron chi connectivity index (χ0n) is 10.4. The first kappa shape index (κ1) is 11.7. The van der Waals surface area contributed by atoms with Gasteiger partial charge in [-0.3, -0.25) is 0 Å². The molecular weight excluding hydrogens is 210 g/mol. The van der Waals surface area contributed by atoms with Crippen LogP contribution in [0.25, 0.3) is 0 Å². The van der Waals surface area contributed by atoms with E-state index in [0.29, 0.717) is 0 Å². The second-order valence-corrected chi connectivity index (χ2v) is 4.69. The Balaban J connectivity index is 2.44. The molecule has 1 unspecified atom stereocenters. The molecule has 1 atom stereocenters. The van der Waals surface area contributed by atoms with E-state index in [-0.39, 0.29) is 0 Å². The first-order chi connectivity index (χ1) is 8.03. The van der Waals surface area contributed by atoms with Crippen LogP contribution >= 0.6 is 0 Å². The number of para-hydroxylation sites is 1. The molecule has 0 fully saturated rings. The highest BCUT2D eigenvalue weighted by atomic mass is 15.1. The minimum atomic E-state index is -0.455. The van der Waals surface area contributed by atoms with Crippen LogP contribution in [0.1, 0.15) is 12.0 Å². The van der Waals surface area contributed by atoms with Gasteiger partial charge in [0.15, 0.2) is 0 Å². The molecule has 3 heteroatoms. The van der Waals surface area contributed by atoms with E-state index >= 15 is 0 Å². The van der Waals surface area contributed by atoms with E-state index in [0.717, 1.165) is 23.4 Å². The summed E-state index contributed by atoms with van der Waals surface area (Å²) < 4.78 is 0. The lowest BCUT2D eigenvalue weighted by Gasteiger charge is -2.31. The third-order valence-corrected chi connectivity index (χ3v) is 3.14. The summed E-state index contributed by atoms with van der Waals surface area (Å²) in [5, 5.41) is 0. The van der Waals surface area contributed by atoms with E-state index in [4.69, 9.17) is 11.5 Å². The van der Waals surface area contributed by atoms with Crippen molar-refractivity contribution in [1.29, 1.82) is 0 Å². The van der Waals surface area contributed by atoms with Crippen LogP contribution in [-0.2, 0) is 5.54 Å². The van der Waals surface area contributed by atoms with Crippen LogP contribution in [0, 0.1) is 0 Å². The monoisotopic (exact) mass is 229 g/mol. The smallest absolute Gasteiger partial charge is 0.0655 e. The standard InChI is InChI=1S/C14H19N3/c1-17(2)13-6-4-3-5-12(13)14(16)9-7-11(15)8-10-14/h3-9H,10,15-16H2,1-2H3. The Morgan fingerprint density at radius 3 is 2.53 bits per heavy atom. The summed E-state index contributed by atoms with van der Waals surface area (Å²) in [4.78, 5) is 2.08. The molecule has 0 spiro atoms. The van der Waals surface area contributed by atoms with Crippen LogP contribution in [0.3, 0.4) is 0 Å². The fourth-order valence-corrected chi connectivity index (χ4v) is 2.12. The summed E-state index contributed by atoms with van der Waals surface area (Å²) in [6.07, 6.45) is 6.59. The number of nitrogens with zero attached hydrogens (tertiary/aromatic N) is 1. The summed E-state index contributed by atoms with van der Waals surface area (Å²) in [6.45, 7) is 0. The van der Waals surface area contributed by atoms with Gasteiger partial charge >= 0.3 is 0 Å². The molecule has 0 saturated carbocycles. The van der Waals surface area contributed by atoms with Gasteiger partial charge in [0.05, 0.1) is 5.54 Å². The summed E-state index contributed by atoms with van der Waals surface area (Å²) in [7, 11) is 4.05. The van der Waals surface area contributed by atoms with Crippen LogP contribution in [0.5, 0.6) is 0 Å². The van der Waals surface area contributed by atoms with E-state index in [1.165, 1.54) is 0 Å². The van der Waals surface area contributed by atoms with Crippen molar-refractivity contribution in [2.45, 2.75) is 12.0 Å². The molecule has 0 bridgehead atoms. The van der Waals surface area contributed by atoms with Gasteiger partial charge < -0.3 is 16.4 Å². The lowest BCUT2D eigenvalue weighted by molar-refractivity contribution is 0.562. The molecular formula is C14H19N3. The number of hydrogen-bond acceptors (Lipinski definition) is 3. The molecule has 1 aromatic carbocycles. The van der Waals surface area contributed by atoms with Crippen LogP contribution in [0.15, 0.2) is 48.2 Å². The van der Waals surface area contributed by atoms with Gasteiger partial charge in [-0.05, 0) is 24.1 Å². The van der Waals surface area contributed by atoms with Crippen molar-refractivity contribution >= 4 is 5.69 Å². The minimum Gasteiger partial charge on any atom is -0.399 e. The van der Waals surface area contributed by atoms with E-state index in [9.17, 15) is 0 Å². The second-order valence-electron chi connectivity index (χ2n) is 4.69. The maximum Gasteiger partial charge on any atom is 0.0655 e. The molecule has 0 saturated heterocycles. The topological polar surface area (TPSA) is 55.3 Å². The predicted molar refractivity (Wildman–Crippen MR) is 72.7 cm³/mol. The SMILES string of the molecule is CN(C)c1ccccc1C1(N)C=CC(N)=CC1. The van der Waals surface area contributed by atoms with E-state index < -0.39 is 5.54 Å². The Hall–Kier alpha value is -1.74. The lowest BCUT2D eigenvalue weighted by Crippen LogP contribution is -2.37. The third kappa shape index (κ3) is 2.19. The number of rotatable bonds is 2. The van der Waals surface area contributed by atoms with Crippen molar-refractivity contribution in [2.24, 2.45) is 11.5 Å². The van der Waals surface area contributed by atoms with Crippen molar-refractivity contribution < 1.29 is 0 Å². The third-order valence-electron chi connectivity index (χ3n) is 3.14. The Kier molecular flexibility index (Phi) is 2.94. The molecule has 0 heterocycles. The van der Waals surface area contributed by atoms with Gasteiger partial charge in [-0.1, -0.05) is 30.4 Å². The second kappa shape index (κ2) is 4.26. The van der Waals surface area contributed by atoms with Crippen molar-refractivity contribution in [3.8, 4) is 0 Å². The van der Waals surface area contributed by atoms with Crippen molar-refractivity contribution in [1.82, 2.24) is 0 Å². The van der Waals surface area contributed by atoms with Gasteiger partial charge in [0.2, 0.25) is 0 Å². The summed E-state index contributed by atoms with van der Waals surface area (Å²) in [5.41, 5.74) is 14.8. The molecule has 0 radical (unpaired) electrons. The number of allylic oxidation sites excluding steroid dienone is 1. The molecule has 0 aromatic heterocycles. The van der Waals surface area contributed by atoms with Gasteiger partial charge in [0, 0.05) is 25.5 Å². The first-order valence-electron chi connectivity index (χ1n) is 5.73. The first-order valence-corrected chi connectivity index (χ1v) is 5.73. The summed E-state index contributed by atoms with van der Waals surface area (Å²) in [6, 6.07) is 8.21. The average molecular weight is 229 g/mol. The highest BCUT2D eigenvalue weighted by molar-refractivity contribution is 5.57. The summed E-state index contributed by atoms with van der Waals surface area (Å²) >= 11 is 0. The largest absolute Gasteiger partial charge is 0.399 e. The molecule has 90 valence electrons. The zero-order chi connectivity index (χ0) is 12.5. The highest BCUT2D eigenvalue weighted by Gasteiger charge is 2.28. The zero-order valence-corrected chi connectivity index (χ0v) is 10.4. The van der Waals surface area contributed by atoms with Crippen LogP contribution in [-0.4, -0.2) is 14.1 Å². The Bertz CT molecular complexity index is 474. The number of hydrogen-bond donors (Lipinski definition) is 2. The minimum absolute atomic E-state index is 0.455. The summed E-state index contributed by atoms with van der Waals surface area (Å²) in [5.74, 6) is 0. The van der Waals surface area contributed by atoms with Crippen molar-refractivity contribution in [3.05, 3.63) is 53.8 Å². The van der Waals surface area contributed by atoms with Crippen LogP contribution in [0.2, 0.25) is 0 Å². The average Bonchev–Trinajstić information content (AvgIpc) is 2.33. The Labute approximate surface area is 102 Å². The molecule has 1 aromatic rings. The molecule has 2 rings (SSSR count). The Morgan fingerprint density at radius 1 is 1.24 bits per heavy atom. The molecule has 17 heavy (non-hydrogen) atoms. The predicted octanol–water partition coefficient (Wildman–Crippen LogP) is 1.71. The number of benzene rings is 1. The quantitative estimate of drug-likeness (QED) is 0.811. The van der Waals surface area contributed by atoms with Gasteiger partial charge in [-0.25, -0.2) is 0 Å². The highest BCUT2D eigenvalue weighted by Crippen LogP contribution is 2.34. The maximum absolute atomic E-state index is 6.47. The molecule has 0 amide bonds. The normalized spacial score (nSPS) is 23.4. The van der Waals surface area contributed by atoms with Gasteiger partial charge in [-0.2, -0.15) is 0 Å². The van der Waals surface area contributed by atoms with Crippen molar-refractivity contribution in [2.75, 3.05) is 19.0 Å². The molecule has 4 N–H and O–H groups in total. The Morgan fingerprint density at radius 2 is 1.94 bits per heavy atom. The lowest BCUT2D eigenvalue weighted by atomic mass is 9.83. The molecule has 1 aliphatic rings. The van der Waals surface area contributed by atoms with E-state index in [1.807, 2.05) is 44.5 Å². The van der Waals surface area contributed by atoms with E-state index in [1.54, 1.807) is 0 Å². The maximum atomic E-state index is 6.47. The van der Waals surface area contributed by atoms with Crippen molar-refractivity contribution in [3.63, 3.8) is 0 Å². The van der Waals surface area contributed by atoms with Crippen LogP contribution < -0.4 is 16.4 Å². The number of anilines is 1. The van der Waals surface area contributed by atoms with E-state index in [2.05, 4.69) is 17.0 Å². The van der Waals surface area contributed by atoms with Gasteiger partial charge in [0.25, 0.3) is 0 Å². The van der Waals surface area contributed by atoms with Gasteiger partial charge in [0.1, 0.15) is 0 Å².